The van der Waals surface area contributed by atoms with Gasteiger partial charge < -0.3 is 19.0 Å². The van der Waals surface area contributed by atoms with E-state index in [2.05, 4.69) is 25.9 Å². The summed E-state index contributed by atoms with van der Waals surface area (Å²) in [7, 11) is 5.76. The Morgan fingerprint density at radius 1 is 1.35 bits per heavy atom. The summed E-state index contributed by atoms with van der Waals surface area (Å²) in [5.74, 6) is 1.65. The number of furan rings is 1. The Kier molecular flexibility index (Phi) is 4.06. The van der Waals surface area contributed by atoms with Gasteiger partial charge in [-0.1, -0.05) is 6.92 Å². The normalized spacial score (nSPS) is 21.4. The van der Waals surface area contributed by atoms with Crippen LogP contribution in [0.4, 0.5) is 0 Å². The number of hydrogen-bond donors (Lipinski definition) is 0. The first-order chi connectivity index (χ1) is 10.9. The molecule has 0 aliphatic carbocycles. The third-order valence-electron chi connectivity index (χ3n) is 4.86. The van der Waals surface area contributed by atoms with Crippen LogP contribution in [0.3, 0.4) is 0 Å². The topological polar surface area (TPSA) is 45.9 Å². The third kappa shape index (κ3) is 2.70. The van der Waals surface area contributed by atoms with Crippen LogP contribution in [0.15, 0.2) is 22.6 Å². The Labute approximate surface area is 136 Å². The van der Waals surface area contributed by atoms with Crippen LogP contribution in [0.25, 0.3) is 11.0 Å². The van der Waals surface area contributed by atoms with Crippen molar-refractivity contribution in [2.24, 2.45) is 5.92 Å². The number of nitrogens with zero attached hydrogens (tertiary/aromatic N) is 2. The number of benzene rings is 1. The number of carbonyl (C=O) groups excluding carboxylic acids is 1. The van der Waals surface area contributed by atoms with Gasteiger partial charge in [0.15, 0.2) is 5.76 Å². The molecule has 1 amide bonds. The van der Waals surface area contributed by atoms with E-state index in [-0.39, 0.29) is 5.91 Å². The van der Waals surface area contributed by atoms with Gasteiger partial charge in [0, 0.05) is 30.1 Å². The maximum absolute atomic E-state index is 12.9. The summed E-state index contributed by atoms with van der Waals surface area (Å²) in [6.07, 6.45) is 0. The average molecular weight is 316 g/mol. The Hall–Kier alpha value is -2.01. The summed E-state index contributed by atoms with van der Waals surface area (Å²) in [5, 5.41) is 0.934. The molecule has 1 saturated heterocycles. The fraction of sp³-hybridized carbons (Fsp3) is 0.500. The van der Waals surface area contributed by atoms with Gasteiger partial charge in [-0.2, -0.15) is 0 Å². The molecule has 23 heavy (non-hydrogen) atoms. The zero-order valence-corrected chi connectivity index (χ0v) is 14.4. The molecule has 5 heteroatoms. The molecule has 1 fully saturated rings. The van der Waals surface area contributed by atoms with Crippen LogP contribution in [0.5, 0.6) is 5.75 Å². The van der Waals surface area contributed by atoms with Crippen molar-refractivity contribution in [2.45, 2.75) is 19.9 Å². The number of hydrogen-bond acceptors (Lipinski definition) is 4. The molecule has 0 radical (unpaired) electrons. The minimum absolute atomic E-state index is 0.0196. The Bertz CT molecular complexity index is 735. The van der Waals surface area contributed by atoms with E-state index in [9.17, 15) is 4.79 Å². The molecule has 3 rings (SSSR count). The summed E-state index contributed by atoms with van der Waals surface area (Å²) < 4.78 is 11.1. The molecule has 2 aromatic rings. The minimum Gasteiger partial charge on any atom is -0.497 e. The molecule has 0 N–H and O–H groups in total. The lowest BCUT2D eigenvalue weighted by molar-refractivity contribution is 0.0751. The van der Waals surface area contributed by atoms with E-state index in [1.54, 1.807) is 7.11 Å². The van der Waals surface area contributed by atoms with Crippen LogP contribution >= 0.6 is 0 Å². The van der Waals surface area contributed by atoms with Crippen LogP contribution in [0, 0.1) is 12.8 Å². The molecular formula is C18H24N2O3. The molecule has 0 saturated carbocycles. The van der Waals surface area contributed by atoms with Crippen LogP contribution in [0.2, 0.25) is 0 Å². The van der Waals surface area contributed by atoms with Crippen molar-refractivity contribution in [3.63, 3.8) is 0 Å². The molecule has 0 unspecified atom stereocenters. The van der Waals surface area contributed by atoms with Crippen molar-refractivity contribution in [3.05, 3.63) is 29.5 Å². The zero-order chi connectivity index (χ0) is 16.7. The first-order valence-corrected chi connectivity index (χ1v) is 7.95. The second-order valence-electron chi connectivity index (χ2n) is 6.64. The molecule has 2 heterocycles. The highest BCUT2D eigenvalue weighted by Crippen LogP contribution is 2.31. The second-order valence-corrected chi connectivity index (χ2v) is 6.64. The van der Waals surface area contributed by atoms with Crippen molar-refractivity contribution in [2.75, 3.05) is 34.3 Å². The van der Waals surface area contributed by atoms with Gasteiger partial charge in [0.25, 0.3) is 5.91 Å². The number of methoxy groups -OCH3 is 1. The van der Waals surface area contributed by atoms with Gasteiger partial charge in [0.2, 0.25) is 0 Å². The molecule has 2 atom stereocenters. The van der Waals surface area contributed by atoms with Crippen LogP contribution < -0.4 is 4.74 Å². The lowest BCUT2D eigenvalue weighted by Crippen LogP contribution is -2.35. The van der Waals surface area contributed by atoms with Gasteiger partial charge in [-0.3, -0.25) is 4.79 Å². The summed E-state index contributed by atoms with van der Waals surface area (Å²) >= 11 is 0. The molecule has 1 aromatic heterocycles. The van der Waals surface area contributed by atoms with Crippen LogP contribution in [-0.2, 0) is 0 Å². The molecule has 124 valence electrons. The summed E-state index contributed by atoms with van der Waals surface area (Å²) in [4.78, 5) is 17.0. The number of likely N-dealkylation sites (tertiary alicyclic amines) is 1. The van der Waals surface area contributed by atoms with E-state index in [4.69, 9.17) is 9.15 Å². The molecule has 0 bridgehead atoms. The highest BCUT2D eigenvalue weighted by Gasteiger charge is 2.35. The maximum atomic E-state index is 12.9. The summed E-state index contributed by atoms with van der Waals surface area (Å²) in [6.45, 7) is 5.63. The van der Waals surface area contributed by atoms with Gasteiger partial charge in [-0.25, -0.2) is 0 Å². The van der Waals surface area contributed by atoms with Crippen molar-refractivity contribution in [3.8, 4) is 5.75 Å². The van der Waals surface area contributed by atoms with Gasteiger partial charge in [-0.15, -0.1) is 0 Å². The number of ether oxygens (including phenoxy) is 1. The van der Waals surface area contributed by atoms with Gasteiger partial charge in [-0.05, 0) is 45.1 Å². The van der Waals surface area contributed by atoms with Gasteiger partial charge in [0.1, 0.15) is 11.3 Å². The number of likely N-dealkylation sites (N-methyl/N-ethyl adjacent to an activating group) is 1. The minimum atomic E-state index is -0.0196. The van der Waals surface area contributed by atoms with Gasteiger partial charge >= 0.3 is 0 Å². The van der Waals surface area contributed by atoms with Crippen molar-refractivity contribution in [1.82, 2.24) is 9.80 Å². The summed E-state index contributed by atoms with van der Waals surface area (Å²) in [5.41, 5.74) is 1.60. The maximum Gasteiger partial charge on any atom is 0.289 e. The quantitative estimate of drug-likeness (QED) is 0.873. The van der Waals surface area contributed by atoms with Crippen LogP contribution in [-0.4, -0.2) is 56.0 Å². The second kappa shape index (κ2) is 5.89. The lowest BCUT2D eigenvalue weighted by Gasteiger charge is -2.22. The molecule has 5 nitrogen and oxygen atoms in total. The number of rotatable bonds is 3. The average Bonchev–Trinajstić information content (AvgIpc) is 3.07. The molecular weight excluding hydrogens is 292 g/mol. The molecule has 0 spiro atoms. The number of fused-ring (bicyclic) bond motifs is 1. The first-order valence-electron chi connectivity index (χ1n) is 7.95. The molecule has 1 aromatic carbocycles. The third-order valence-corrected chi connectivity index (χ3v) is 4.86. The van der Waals surface area contributed by atoms with E-state index in [0.717, 1.165) is 35.4 Å². The van der Waals surface area contributed by atoms with E-state index in [1.807, 2.05) is 30.0 Å². The van der Waals surface area contributed by atoms with E-state index < -0.39 is 0 Å². The Morgan fingerprint density at radius 3 is 2.70 bits per heavy atom. The standard InChI is InChI=1S/C18H24N2O3/c1-11-9-20(10-15(11)19(3)4)18(21)17-12(2)14-8-13(22-5)6-7-16(14)23-17/h6-8,11,15H,9-10H2,1-5H3/t11-,15+/m0/s1. The Balaban J connectivity index is 1.91. The fourth-order valence-electron chi connectivity index (χ4n) is 3.46. The highest BCUT2D eigenvalue weighted by atomic mass is 16.5. The number of aryl methyl sites for hydroxylation is 1. The number of carbonyl (C=O) groups is 1. The predicted molar refractivity (Wildman–Crippen MR) is 90.0 cm³/mol. The van der Waals surface area contributed by atoms with E-state index in [0.29, 0.717) is 17.7 Å². The van der Waals surface area contributed by atoms with E-state index in [1.165, 1.54) is 0 Å². The van der Waals surface area contributed by atoms with Crippen molar-refractivity contribution >= 4 is 16.9 Å². The monoisotopic (exact) mass is 316 g/mol. The van der Waals surface area contributed by atoms with Crippen molar-refractivity contribution < 1.29 is 13.9 Å². The Morgan fingerprint density at radius 2 is 2.09 bits per heavy atom. The SMILES string of the molecule is COc1ccc2oc(C(=O)N3C[C@@H](N(C)C)[C@@H](C)C3)c(C)c2c1. The largest absolute Gasteiger partial charge is 0.497 e. The molecule has 1 aliphatic heterocycles. The number of amides is 1. The predicted octanol–water partition coefficient (Wildman–Crippen LogP) is 2.77. The highest BCUT2D eigenvalue weighted by molar-refractivity contribution is 5.99. The first kappa shape index (κ1) is 15.9. The smallest absolute Gasteiger partial charge is 0.289 e. The summed E-state index contributed by atoms with van der Waals surface area (Å²) in [6, 6.07) is 6.01. The molecule has 1 aliphatic rings. The van der Waals surface area contributed by atoms with Crippen LogP contribution in [0.1, 0.15) is 23.0 Å². The lowest BCUT2D eigenvalue weighted by atomic mass is 10.1. The van der Waals surface area contributed by atoms with Gasteiger partial charge in [0.05, 0.1) is 7.11 Å². The fourth-order valence-corrected chi connectivity index (χ4v) is 3.46. The van der Waals surface area contributed by atoms with E-state index >= 15 is 0 Å². The van der Waals surface area contributed by atoms with Crippen molar-refractivity contribution in [1.29, 1.82) is 0 Å². The zero-order valence-electron chi connectivity index (χ0n) is 14.4.